The van der Waals surface area contributed by atoms with Crippen molar-refractivity contribution in [1.82, 2.24) is 4.72 Å². The molecule has 8 heteroatoms. The topological polar surface area (TPSA) is 63.2 Å². The fourth-order valence-electron chi connectivity index (χ4n) is 2.83. The minimum absolute atomic E-state index is 0.0435. The van der Waals surface area contributed by atoms with Crippen LogP contribution in [0.2, 0.25) is 10.0 Å². The third-order valence-electron chi connectivity index (χ3n) is 4.51. The average molecular weight is 483 g/mol. The van der Waals surface area contributed by atoms with E-state index >= 15 is 0 Å². The molecular weight excluding hydrogens is 465 g/mol. The van der Waals surface area contributed by atoms with Gasteiger partial charge in [0.1, 0.15) is 6.04 Å². The lowest BCUT2D eigenvalue weighted by Gasteiger charge is -2.23. The van der Waals surface area contributed by atoms with Crippen molar-refractivity contribution in [2.24, 2.45) is 0 Å². The molecule has 0 unspecified atom stereocenters. The number of halogens is 3. The van der Waals surface area contributed by atoms with Crippen molar-refractivity contribution in [2.75, 3.05) is 0 Å². The van der Waals surface area contributed by atoms with Crippen LogP contribution < -0.4 is 4.72 Å². The Hall–Kier alpha value is -1.89. The first-order valence-electron chi connectivity index (χ1n) is 8.96. The van der Waals surface area contributed by atoms with Gasteiger partial charge in [-0.1, -0.05) is 53.0 Å². The molecule has 0 saturated heterocycles. The van der Waals surface area contributed by atoms with E-state index in [1.807, 2.05) is 6.92 Å². The molecule has 3 rings (SSSR count). The summed E-state index contributed by atoms with van der Waals surface area (Å²) in [5.41, 5.74) is 1.76. The first kappa shape index (κ1) is 22.8. The molecule has 0 amide bonds. The third kappa shape index (κ3) is 5.42. The highest BCUT2D eigenvalue weighted by Gasteiger charge is 2.33. The standard InChI is InChI=1S/C22H18Cl3NO3S/c1-14-2-12-19(13-3-14)30(28,29)26-21(20(25)15-4-8-17(23)9-5-15)22(27)16-6-10-18(24)11-7-16/h2-13,20-21,26H,1H3/t20-,21-/m0/s1. The van der Waals surface area contributed by atoms with Crippen molar-refractivity contribution in [3.8, 4) is 0 Å². The van der Waals surface area contributed by atoms with E-state index in [9.17, 15) is 13.2 Å². The first-order valence-corrected chi connectivity index (χ1v) is 11.6. The van der Waals surface area contributed by atoms with Crippen molar-refractivity contribution >= 4 is 50.6 Å². The molecule has 0 radical (unpaired) electrons. The van der Waals surface area contributed by atoms with Gasteiger partial charge in [-0.25, -0.2) is 8.42 Å². The summed E-state index contributed by atoms with van der Waals surface area (Å²) < 4.78 is 28.4. The fraction of sp³-hybridized carbons (Fsp3) is 0.136. The van der Waals surface area contributed by atoms with E-state index in [4.69, 9.17) is 34.8 Å². The summed E-state index contributed by atoms with van der Waals surface area (Å²) in [6.45, 7) is 1.85. The SMILES string of the molecule is Cc1ccc(S(=O)(=O)N[C@H](C(=O)c2ccc(Cl)cc2)[C@@H](Cl)c2ccc(Cl)cc2)cc1. The lowest BCUT2D eigenvalue weighted by molar-refractivity contribution is 0.0951. The average Bonchev–Trinajstić information content (AvgIpc) is 2.72. The van der Waals surface area contributed by atoms with Gasteiger partial charge in [0, 0.05) is 15.6 Å². The lowest BCUT2D eigenvalue weighted by atomic mass is 9.98. The number of aryl methyl sites for hydroxylation is 1. The second kappa shape index (κ2) is 9.50. The summed E-state index contributed by atoms with van der Waals surface area (Å²) >= 11 is 18.4. The van der Waals surface area contributed by atoms with E-state index < -0.39 is 27.2 Å². The molecule has 0 bridgehead atoms. The van der Waals surface area contributed by atoms with Crippen molar-refractivity contribution in [3.63, 3.8) is 0 Å². The maximum atomic E-state index is 13.2. The van der Waals surface area contributed by atoms with E-state index in [1.54, 1.807) is 48.5 Å². The zero-order chi connectivity index (χ0) is 21.9. The molecule has 0 fully saturated rings. The summed E-state index contributed by atoms with van der Waals surface area (Å²) in [6.07, 6.45) is 0. The Morgan fingerprint density at radius 2 is 1.33 bits per heavy atom. The van der Waals surface area contributed by atoms with Gasteiger partial charge in [-0.15, -0.1) is 11.6 Å². The monoisotopic (exact) mass is 481 g/mol. The van der Waals surface area contributed by atoms with Gasteiger partial charge in [-0.2, -0.15) is 4.72 Å². The van der Waals surface area contributed by atoms with Crippen LogP contribution in [0.3, 0.4) is 0 Å². The number of nitrogens with one attached hydrogen (secondary N) is 1. The summed E-state index contributed by atoms with van der Waals surface area (Å²) in [6, 6.07) is 17.8. The molecule has 0 spiro atoms. The molecule has 0 heterocycles. The van der Waals surface area contributed by atoms with Crippen molar-refractivity contribution in [3.05, 3.63) is 99.5 Å². The Morgan fingerprint density at radius 1 is 0.833 bits per heavy atom. The molecule has 1 N–H and O–H groups in total. The molecule has 0 aromatic heterocycles. The number of carbonyl (C=O) groups is 1. The molecule has 3 aromatic carbocycles. The van der Waals surface area contributed by atoms with Gasteiger partial charge in [0.05, 0.1) is 10.3 Å². The quantitative estimate of drug-likeness (QED) is 0.341. The number of carbonyl (C=O) groups excluding carboxylic acids is 1. The second-order valence-corrected chi connectivity index (χ2v) is 9.79. The number of ketones is 1. The van der Waals surface area contributed by atoms with Crippen LogP contribution in [0.1, 0.15) is 26.9 Å². The highest BCUT2D eigenvalue weighted by molar-refractivity contribution is 7.89. The van der Waals surface area contributed by atoms with Gasteiger partial charge < -0.3 is 0 Å². The first-order chi connectivity index (χ1) is 14.2. The van der Waals surface area contributed by atoms with Gasteiger partial charge in [-0.3, -0.25) is 4.79 Å². The molecular formula is C22H18Cl3NO3S. The minimum atomic E-state index is -4.01. The predicted molar refractivity (Wildman–Crippen MR) is 121 cm³/mol. The van der Waals surface area contributed by atoms with Gasteiger partial charge in [0.25, 0.3) is 0 Å². The molecule has 0 saturated carbocycles. The van der Waals surface area contributed by atoms with Gasteiger partial charge in [0.15, 0.2) is 5.78 Å². The van der Waals surface area contributed by atoms with E-state index in [0.717, 1.165) is 5.56 Å². The Bertz CT molecular complexity index is 1130. The zero-order valence-corrected chi connectivity index (χ0v) is 18.9. The van der Waals surface area contributed by atoms with Gasteiger partial charge in [0.2, 0.25) is 10.0 Å². The second-order valence-electron chi connectivity index (χ2n) is 6.74. The summed E-state index contributed by atoms with van der Waals surface area (Å²) in [5.74, 6) is -0.475. The van der Waals surface area contributed by atoms with Crippen LogP contribution in [0.25, 0.3) is 0 Å². The molecule has 0 aliphatic carbocycles. The number of hydrogen-bond acceptors (Lipinski definition) is 3. The van der Waals surface area contributed by atoms with E-state index in [-0.39, 0.29) is 10.5 Å². The normalized spacial score (nSPS) is 13.6. The number of sulfonamides is 1. The Kier molecular flexibility index (Phi) is 7.22. The highest BCUT2D eigenvalue weighted by atomic mass is 35.5. The third-order valence-corrected chi connectivity index (χ3v) is 6.97. The van der Waals surface area contributed by atoms with Crippen molar-refractivity contribution < 1.29 is 13.2 Å². The van der Waals surface area contributed by atoms with Crippen LogP contribution in [-0.4, -0.2) is 20.2 Å². The van der Waals surface area contributed by atoms with E-state index in [1.165, 1.54) is 24.3 Å². The molecule has 30 heavy (non-hydrogen) atoms. The Morgan fingerprint density at radius 3 is 1.87 bits per heavy atom. The number of benzene rings is 3. The van der Waals surface area contributed by atoms with Crippen molar-refractivity contribution in [1.29, 1.82) is 0 Å². The molecule has 0 aliphatic heterocycles. The molecule has 2 atom stereocenters. The fourth-order valence-corrected chi connectivity index (χ4v) is 4.69. The number of Topliss-reactive ketones (excluding diaryl/α,β-unsaturated/α-hetero) is 1. The largest absolute Gasteiger partial charge is 0.292 e. The van der Waals surface area contributed by atoms with Gasteiger partial charge >= 0.3 is 0 Å². The maximum Gasteiger partial charge on any atom is 0.241 e. The zero-order valence-electron chi connectivity index (χ0n) is 15.8. The molecule has 156 valence electrons. The number of hydrogen-bond donors (Lipinski definition) is 1. The number of rotatable bonds is 7. The van der Waals surface area contributed by atoms with Crippen molar-refractivity contribution in [2.45, 2.75) is 23.2 Å². The van der Waals surface area contributed by atoms with Crippen LogP contribution in [-0.2, 0) is 10.0 Å². The summed E-state index contributed by atoms with van der Waals surface area (Å²) in [7, 11) is -4.01. The Balaban J connectivity index is 1.99. The highest BCUT2D eigenvalue weighted by Crippen LogP contribution is 2.29. The smallest absolute Gasteiger partial charge is 0.241 e. The lowest BCUT2D eigenvalue weighted by Crippen LogP contribution is -2.43. The summed E-state index contributed by atoms with van der Waals surface area (Å²) in [5, 5.41) is -0.00226. The maximum absolute atomic E-state index is 13.2. The molecule has 4 nitrogen and oxygen atoms in total. The van der Waals surface area contributed by atoms with E-state index in [2.05, 4.69) is 4.72 Å². The van der Waals surface area contributed by atoms with E-state index in [0.29, 0.717) is 15.6 Å². The molecule has 3 aromatic rings. The van der Waals surface area contributed by atoms with Crippen LogP contribution in [0.15, 0.2) is 77.7 Å². The van der Waals surface area contributed by atoms with Gasteiger partial charge in [-0.05, 0) is 61.0 Å². The van der Waals surface area contributed by atoms with Crippen LogP contribution >= 0.6 is 34.8 Å². The molecule has 0 aliphatic rings. The van der Waals surface area contributed by atoms with Crippen LogP contribution in [0.4, 0.5) is 0 Å². The van der Waals surface area contributed by atoms with Crippen LogP contribution in [0, 0.1) is 6.92 Å². The minimum Gasteiger partial charge on any atom is -0.292 e. The summed E-state index contributed by atoms with van der Waals surface area (Å²) in [4.78, 5) is 13.3. The number of alkyl halides is 1. The Labute approximate surface area is 190 Å². The van der Waals surface area contributed by atoms with Crippen LogP contribution in [0.5, 0.6) is 0 Å². The predicted octanol–water partition coefficient (Wildman–Crippen LogP) is 5.81.